The molecule has 32 heavy (non-hydrogen) atoms. The summed E-state index contributed by atoms with van der Waals surface area (Å²) in [6, 6.07) is 18.7. The third-order valence-electron chi connectivity index (χ3n) is 4.27. The van der Waals surface area contributed by atoms with Crippen molar-refractivity contribution in [2.75, 3.05) is 23.8 Å². The molecule has 4 N–H and O–H groups in total. The molecular weight excluding hydrogens is 434 g/mol. The number of sulfonamides is 1. The van der Waals surface area contributed by atoms with Crippen LogP contribution in [0, 0.1) is 0 Å². The van der Waals surface area contributed by atoms with Crippen LogP contribution in [0.15, 0.2) is 77.7 Å². The average Bonchev–Trinajstić information content (AvgIpc) is 2.79. The summed E-state index contributed by atoms with van der Waals surface area (Å²) in [5.74, 6) is -0.671. The number of nitrogens with two attached hydrogens (primary N) is 1. The molecule has 0 fully saturated rings. The zero-order valence-corrected chi connectivity index (χ0v) is 17.9. The number of amides is 2. The maximum atomic E-state index is 12.8. The molecule has 0 aliphatic rings. The van der Waals surface area contributed by atoms with Crippen molar-refractivity contribution in [3.05, 3.63) is 78.4 Å². The van der Waals surface area contributed by atoms with E-state index in [1.807, 2.05) is 0 Å². The van der Waals surface area contributed by atoms with Crippen LogP contribution in [0.5, 0.6) is 11.5 Å². The summed E-state index contributed by atoms with van der Waals surface area (Å²) in [5, 5.41) is 2.69. The van der Waals surface area contributed by atoms with Gasteiger partial charge in [0.1, 0.15) is 0 Å². The number of nitrogens with one attached hydrogen (secondary N) is 2. The lowest BCUT2D eigenvalue weighted by Gasteiger charge is -2.14. The number of primary amides is 1. The van der Waals surface area contributed by atoms with Gasteiger partial charge < -0.3 is 20.5 Å². The molecule has 3 aromatic rings. The van der Waals surface area contributed by atoms with E-state index in [0.29, 0.717) is 0 Å². The van der Waals surface area contributed by atoms with Crippen molar-refractivity contribution in [2.45, 2.75) is 4.90 Å². The number of rotatable bonds is 9. The summed E-state index contributed by atoms with van der Waals surface area (Å²) in [7, 11) is -2.45. The van der Waals surface area contributed by atoms with E-state index in [-0.39, 0.29) is 39.9 Å². The van der Waals surface area contributed by atoms with Crippen molar-refractivity contribution in [3.63, 3.8) is 0 Å². The molecule has 3 aromatic carbocycles. The van der Waals surface area contributed by atoms with Crippen molar-refractivity contribution in [1.82, 2.24) is 0 Å². The average molecular weight is 455 g/mol. The number of anilines is 2. The Morgan fingerprint density at radius 2 is 1.56 bits per heavy atom. The SMILES string of the molecule is COc1cc(C(=O)Nc2ccccc2NS(=O)(=O)c2ccccc2)ccc1OCC(N)=O. The minimum absolute atomic E-state index is 0.0948. The second-order valence-electron chi connectivity index (χ2n) is 6.54. The summed E-state index contributed by atoms with van der Waals surface area (Å²) in [5.41, 5.74) is 5.78. The third-order valence-corrected chi connectivity index (χ3v) is 5.65. The van der Waals surface area contributed by atoms with Crippen molar-refractivity contribution in [1.29, 1.82) is 0 Å². The van der Waals surface area contributed by atoms with E-state index in [0.717, 1.165) is 0 Å². The molecule has 0 saturated heterocycles. The maximum absolute atomic E-state index is 12.8. The topological polar surface area (TPSA) is 137 Å². The van der Waals surface area contributed by atoms with Gasteiger partial charge in [-0.1, -0.05) is 30.3 Å². The molecule has 0 aliphatic heterocycles. The van der Waals surface area contributed by atoms with Crippen molar-refractivity contribution in [3.8, 4) is 11.5 Å². The number of benzene rings is 3. The van der Waals surface area contributed by atoms with Crippen LogP contribution in [0.3, 0.4) is 0 Å². The van der Waals surface area contributed by atoms with Crippen LogP contribution in [0.25, 0.3) is 0 Å². The summed E-state index contributed by atoms with van der Waals surface area (Å²) in [6.45, 7) is -0.336. The number of para-hydroxylation sites is 2. The second kappa shape index (κ2) is 9.84. The van der Waals surface area contributed by atoms with Gasteiger partial charge in [0.15, 0.2) is 18.1 Å². The summed E-state index contributed by atoms with van der Waals surface area (Å²) >= 11 is 0. The quantitative estimate of drug-likeness (QED) is 0.454. The first-order chi connectivity index (χ1) is 15.3. The van der Waals surface area contributed by atoms with E-state index < -0.39 is 21.8 Å². The second-order valence-corrected chi connectivity index (χ2v) is 8.22. The normalized spacial score (nSPS) is 10.8. The highest BCUT2D eigenvalue weighted by atomic mass is 32.2. The first-order valence-corrected chi connectivity index (χ1v) is 10.9. The van der Waals surface area contributed by atoms with Crippen LogP contribution < -0.4 is 25.2 Å². The zero-order chi connectivity index (χ0) is 23.1. The fourth-order valence-electron chi connectivity index (χ4n) is 2.76. The van der Waals surface area contributed by atoms with Crippen LogP contribution in [-0.4, -0.2) is 33.9 Å². The highest BCUT2D eigenvalue weighted by molar-refractivity contribution is 7.92. The van der Waals surface area contributed by atoms with Gasteiger partial charge in [0, 0.05) is 5.56 Å². The molecule has 0 spiro atoms. The van der Waals surface area contributed by atoms with E-state index in [9.17, 15) is 18.0 Å². The molecule has 0 bridgehead atoms. The number of hydrogen-bond donors (Lipinski definition) is 3. The Hall–Kier alpha value is -4.05. The summed E-state index contributed by atoms with van der Waals surface area (Å²) in [6.07, 6.45) is 0. The van der Waals surface area contributed by atoms with Gasteiger partial charge >= 0.3 is 0 Å². The molecule has 10 heteroatoms. The standard InChI is InChI=1S/C22H21N3O6S/c1-30-20-13-15(11-12-19(20)31-14-21(23)26)22(27)24-17-9-5-6-10-18(17)25-32(28,29)16-7-3-2-4-8-16/h2-13,25H,14H2,1H3,(H2,23,26)(H,24,27). The van der Waals surface area contributed by atoms with Gasteiger partial charge in [-0.15, -0.1) is 0 Å². The molecule has 2 amide bonds. The van der Waals surface area contributed by atoms with Gasteiger partial charge in [0.2, 0.25) is 0 Å². The number of methoxy groups -OCH3 is 1. The van der Waals surface area contributed by atoms with Crippen LogP contribution in [-0.2, 0) is 14.8 Å². The number of carbonyl (C=O) groups excluding carboxylic acids is 2. The molecule has 9 nitrogen and oxygen atoms in total. The largest absolute Gasteiger partial charge is 0.493 e. The molecule has 0 unspecified atom stereocenters. The minimum Gasteiger partial charge on any atom is -0.493 e. The molecule has 0 aromatic heterocycles. The van der Waals surface area contributed by atoms with Gasteiger partial charge in [-0.05, 0) is 42.5 Å². The van der Waals surface area contributed by atoms with Gasteiger partial charge in [-0.3, -0.25) is 14.3 Å². The van der Waals surface area contributed by atoms with Gasteiger partial charge in [-0.2, -0.15) is 0 Å². The molecular formula is C22H21N3O6S. The first kappa shape index (κ1) is 22.6. The Labute approximate surface area is 185 Å². The molecule has 0 saturated carbocycles. The fraction of sp³-hybridized carbons (Fsp3) is 0.0909. The third kappa shape index (κ3) is 5.55. The van der Waals surface area contributed by atoms with Gasteiger partial charge in [0.25, 0.3) is 21.8 Å². The lowest BCUT2D eigenvalue weighted by atomic mass is 10.1. The van der Waals surface area contributed by atoms with Crippen LogP contribution >= 0.6 is 0 Å². The molecule has 166 valence electrons. The number of ether oxygens (including phenoxy) is 2. The Morgan fingerprint density at radius 3 is 2.22 bits per heavy atom. The minimum atomic E-state index is -3.84. The molecule has 0 aliphatic carbocycles. The predicted molar refractivity (Wildman–Crippen MR) is 119 cm³/mol. The number of carbonyl (C=O) groups is 2. The van der Waals surface area contributed by atoms with Crippen molar-refractivity contribution < 1.29 is 27.5 Å². The fourth-order valence-corrected chi connectivity index (χ4v) is 3.86. The van der Waals surface area contributed by atoms with E-state index in [1.165, 1.54) is 43.5 Å². The van der Waals surface area contributed by atoms with E-state index >= 15 is 0 Å². The maximum Gasteiger partial charge on any atom is 0.261 e. The predicted octanol–water partition coefficient (Wildman–Crippen LogP) is 2.61. The summed E-state index contributed by atoms with van der Waals surface area (Å²) in [4.78, 5) is 23.8. The Morgan fingerprint density at radius 1 is 0.906 bits per heavy atom. The number of hydrogen-bond acceptors (Lipinski definition) is 6. The Balaban J connectivity index is 1.81. The van der Waals surface area contributed by atoms with Crippen LogP contribution in [0.1, 0.15) is 10.4 Å². The molecule has 0 atom stereocenters. The van der Waals surface area contributed by atoms with E-state index in [2.05, 4.69) is 10.0 Å². The van der Waals surface area contributed by atoms with Crippen molar-refractivity contribution in [2.24, 2.45) is 5.73 Å². The summed E-state index contributed by atoms with van der Waals surface area (Å²) < 4.78 is 38.3. The Bertz CT molecular complexity index is 1230. The Kier molecular flexibility index (Phi) is 6.96. The monoisotopic (exact) mass is 455 g/mol. The van der Waals surface area contributed by atoms with Crippen LogP contribution in [0.2, 0.25) is 0 Å². The molecule has 0 heterocycles. The van der Waals surface area contributed by atoms with Crippen LogP contribution in [0.4, 0.5) is 11.4 Å². The van der Waals surface area contributed by atoms with Crippen molar-refractivity contribution >= 4 is 33.2 Å². The molecule has 0 radical (unpaired) electrons. The smallest absolute Gasteiger partial charge is 0.261 e. The zero-order valence-electron chi connectivity index (χ0n) is 17.1. The van der Waals surface area contributed by atoms with Gasteiger partial charge in [0.05, 0.1) is 23.4 Å². The van der Waals surface area contributed by atoms with Gasteiger partial charge in [-0.25, -0.2) is 8.42 Å². The highest BCUT2D eigenvalue weighted by Crippen LogP contribution is 2.29. The molecule has 3 rings (SSSR count). The lowest BCUT2D eigenvalue weighted by Crippen LogP contribution is -2.20. The van der Waals surface area contributed by atoms with E-state index in [4.69, 9.17) is 15.2 Å². The lowest BCUT2D eigenvalue weighted by molar-refractivity contribution is -0.119. The first-order valence-electron chi connectivity index (χ1n) is 9.37. The van der Waals surface area contributed by atoms with E-state index in [1.54, 1.807) is 36.4 Å². The highest BCUT2D eigenvalue weighted by Gasteiger charge is 2.17.